The summed E-state index contributed by atoms with van der Waals surface area (Å²) in [5.74, 6) is 1.68. The lowest BCUT2D eigenvalue weighted by molar-refractivity contribution is 0.481. The van der Waals surface area contributed by atoms with E-state index in [0.717, 1.165) is 11.5 Å². The first kappa shape index (κ1) is 9.71. The maximum Gasteiger partial charge on any atom is 0.130 e. The molecule has 0 aliphatic heterocycles. The summed E-state index contributed by atoms with van der Waals surface area (Å²) < 4.78 is 5.67. The average Bonchev–Trinajstić information content (AvgIpc) is 2.25. The highest BCUT2D eigenvalue weighted by atomic mass is 16.5. The van der Waals surface area contributed by atoms with E-state index < -0.39 is 0 Å². The van der Waals surface area contributed by atoms with E-state index in [9.17, 15) is 0 Å². The highest BCUT2D eigenvalue weighted by molar-refractivity contribution is 5.36. The monoisotopic (exact) mass is 199 g/mol. The molecule has 0 atom stereocenters. The molecule has 0 saturated heterocycles. The van der Waals surface area contributed by atoms with E-state index in [4.69, 9.17) is 4.74 Å². The number of pyridine rings is 1. The number of ether oxygens (including phenoxy) is 1. The van der Waals surface area contributed by atoms with Crippen LogP contribution in [0.25, 0.3) is 0 Å². The number of nitrogens with zero attached hydrogens (tertiary/aromatic N) is 1. The molecule has 15 heavy (non-hydrogen) atoms. The van der Waals surface area contributed by atoms with Gasteiger partial charge in [0, 0.05) is 12.4 Å². The fraction of sp³-hybridized carbons (Fsp3) is 0.154. The lowest BCUT2D eigenvalue weighted by Crippen LogP contribution is -1.86. The highest BCUT2D eigenvalue weighted by Crippen LogP contribution is 2.22. The number of hydrogen-bond acceptors (Lipinski definition) is 2. The molecule has 0 aliphatic rings. The van der Waals surface area contributed by atoms with Crippen molar-refractivity contribution < 1.29 is 4.74 Å². The zero-order valence-corrected chi connectivity index (χ0v) is 8.90. The standard InChI is InChI=1S/C13H13NO/c1-10-3-4-13(9-11(10)2)15-12-5-7-14-8-6-12/h3-9H,1-2H3. The van der Waals surface area contributed by atoms with Crippen LogP contribution in [0.4, 0.5) is 0 Å². The first-order valence-electron chi connectivity index (χ1n) is 4.91. The zero-order chi connectivity index (χ0) is 10.7. The Morgan fingerprint density at radius 1 is 0.867 bits per heavy atom. The van der Waals surface area contributed by atoms with Crippen LogP contribution in [-0.4, -0.2) is 4.98 Å². The summed E-state index contributed by atoms with van der Waals surface area (Å²) in [5.41, 5.74) is 2.51. The summed E-state index contributed by atoms with van der Waals surface area (Å²) in [4.78, 5) is 3.94. The van der Waals surface area contributed by atoms with Crippen LogP contribution in [0.1, 0.15) is 11.1 Å². The molecule has 0 fully saturated rings. The van der Waals surface area contributed by atoms with Crippen molar-refractivity contribution in [3.8, 4) is 11.5 Å². The zero-order valence-electron chi connectivity index (χ0n) is 8.90. The van der Waals surface area contributed by atoms with Crippen molar-refractivity contribution in [1.82, 2.24) is 4.98 Å². The van der Waals surface area contributed by atoms with Crippen molar-refractivity contribution in [1.29, 1.82) is 0 Å². The lowest BCUT2D eigenvalue weighted by Gasteiger charge is -2.07. The molecule has 1 heterocycles. The van der Waals surface area contributed by atoms with Gasteiger partial charge in [0.05, 0.1) is 0 Å². The Bertz CT molecular complexity index is 451. The van der Waals surface area contributed by atoms with Crippen LogP contribution in [0, 0.1) is 13.8 Å². The largest absolute Gasteiger partial charge is 0.457 e. The van der Waals surface area contributed by atoms with Crippen LogP contribution in [0.3, 0.4) is 0 Å². The van der Waals surface area contributed by atoms with Crippen molar-refractivity contribution in [2.45, 2.75) is 13.8 Å². The predicted octanol–water partition coefficient (Wildman–Crippen LogP) is 3.49. The van der Waals surface area contributed by atoms with E-state index in [0.29, 0.717) is 0 Å². The van der Waals surface area contributed by atoms with Crippen LogP contribution in [0.15, 0.2) is 42.7 Å². The molecule has 0 aliphatic carbocycles. The van der Waals surface area contributed by atoms with E-state index in [1.807, 2.05) is 24.3 Å². The maximum atomic E-state index is 5.67. The third kappa shape index (κ3) is 2.34. The van der Waals surface area contributed by atoms with Gasteiger partial charge in [0.2, 0.25) is 0 Å². The van der Waals surface area contributed by atoms with E-state index in [1.165, 1.54) is 11.1 Å². The van der Waals surface area contributed by atoms with Gasteiger partial charge in [-0.1, -0.05) is 6.07 Å². The quantitative estimate of drug-likeness (QED) is 0.738. The molecule has 2 heteroatoms. The Morgan fingerprint density at radius 2 is 1.60 bits per heavy atom. The SMILES string of the molecule is Cc1ccc(Oc2ccncc2)cc1C. The highest BCUT2D eigenvalue weighted by Gasteiger charge is 1.98. The van der Waals surface area contributed by atoms with Crippen LogP contribution < -0.4 is 4.74 Å². The second kappa shape index (κ2) is 4.13. The van der Waals surface area contributed by atoms with Gasteiger partial charge in [-0.25, -0.2) is 0 Å². The molecule has 0 spiro atoms. The molecule has 1 aromatic heterocycles. The van der Waals surface area contributed by atoms with Crippen molar-refractivity contribution in [2.75, 3.05) is 0 Å². The van der Waals surface area contributed by atoms with Gasteiger partial charge >= 0.3 is 0 Å². The minimum absolute atomic E-state index is 0.813. The number of hydrogen-bond donors (Lipinski definition) is 0. The first-order chi connectivity index (χ1) is 7.25. The topological polar surface area (TPSA) is 22.1 Å². The average molecular weight is 199 g/mol. The van der Waals surface area contributed by atoms with Gasteiger partial charge in [-0.05, 0) is 49.2 Å². The molecule has 2 rings (SSSR count). The Hall–Kier alpha value is -1.83. The van der Waals surface area contributed by atoms with E-state index in [-0.39, 0.29) is 0 Å². The molecular formula is C13H13NO. The summed E-state index contributed by atoms with van der Waals surface area (Å²) in [6.45, 7) is 4.17. The van der Waals surface area contributed by atoms with Crippen molar-refractivity contribution in [2.24, 2.45) is 0 Å². The van der Waals surface area contributed by atoms with Gasteiger partial charge in [-0.3, -0.25) is 4.98 Å². The van der Waals surface area contributed by atoms with Crippen molar-refractivity contribution in [3.63, 3.8) is 0 Å². The summed E-state index contributed by atoms with van der Waals surface area (Å²) in [6, 6.07) is 9.76. The number of aromatic nitrogens is 1. The van der Waals surface area contributed by atoms with Gasteiger partial charge < -0.3 is 4.74 Å². The summed E-state index contributed by atoms with van der Waals surface area (Å²) in [7, 11) is 0. The molecule has 76 valence electrons. The summed E-state index contributed by atoms with van der Waals surface area (Å²) in [6.07, 6.45) is 3.44. The normalized spacial score (nSPS) is 10.0. The van der Waals surface area contributed by atoms with Crippen LogP contribution in [-0.2, 0) is 0 Å². The van der Waals surface area contributed by atoms with Crippen LogP contribution in [0.2, 0.25) is 0 Å². The van der Waals surface area contributed by atoms with Gasteiger partial charge in [-0.15, -0.1) is 0 Å². The molecule has 0 amide bonds. The molecule has 0 radical (unpaired) electrons. The smallest absolute Gasteiger partial charge is 0.130 e. The molecule has 2 nitrogen and oxygen atoms in total. The van der Waals surface area contributed by atoms with Crippen LogP contribution in [0.5, 0.6) is 11.5 Å². The second-order valence-corrected chi connectivity index (χ2v) is 3.53. The predicted molar refractivity (Wildman–Crippen MR) is 60.2 cm³/mol. The van der Waals surface area contributed by atoms with Gasteiger partial charge in [0.25, 0.3) is 0 Å². The molecule has 0 bridgehead atoms. The lowest BCUT2D eigenvalue weighted by atomic mass is 10.1. The minimum Gasteiger partial charge on any atom is -0.457 e. The third-order valence-electron chi connectivity index (χ3n) is 2.36. The first-order valence-corrected chi connectivity index (χ1v) is 4.91. The maximum absolute atomic E-state index is 5.67. The molecule has 1 aromatic carbocycles. The number of aryl methyl sites for hydroxylation is 2. The summed E-state index contributed by atoms with van der Waals surface area (Å²) in [5, 5.41) is 0. The van der Waals surface area contributed by atoms with Crippen LogP contribution >= 0.6 is 0 Å². The van der Waals surface area contributed by atoms with Crippen molar-refractivity contribution >= 4 is 0 Å². The van der Waals surface area contributed by atoms with Gasteiger partial charge in [0.1, 0.15) is 11.5 Å². The molecule has 0 N–H and O–H groups in total. The molecule has 2 aromatic rings. The number of rotatable bonds is 2. The Kier molecular flexibility index (Phi) is 2.68. The minimum atomic E-state index is 0.813. The Balaban J connectivity index is 2.22. The fourth-order valence-corrected chi connectivity index (χ4v) is 1.32. The molecule has 0 saturated carbocycles. The van der Waals surface area contributed by atoms with Crippen molar-refractivity contribution in [3.05, 3.63) is 53.9 Å². The fourth-order valence-electron chi connectivity index (χ4n) is 1.32. The van der Waals surface area contributed by atoms with E-state index in [1.54, 1.807) is 12.4 Å². The second-order valence-electron chi connectivity index (χ2n) is 3.53. The molecule has 0 unspecified atom stereocenters. The number of benzene rings is 1. The van der Waals surface area contributed by atoms with Gasteiger partial charge in [0.15, 0.2) is 0 Å². The Labute approximate surface area is 89.6 Å². The third-order valence-corrected chi connectivity index (χ3v) is 2.36. The van der Waals surface area contributed by atoms with Gasteiger partial charge in [-0.2, -0.15) is 0 Å². The Morgan fingerprint density at radius 3 is 2.27 bits per heavy atom. The molecular weight excluding hydrogens is 186 g/mol. The van der Waals surface area contributed by atoms with E-state index in [2.05, 4.69) is 24.9 Å². The summed E-state index contributed by atoms with van der Waals surface area (Å²) >= 11 is 0. The van der Waals surface area contributed by atoms with E-state index >= 15 is 0 Å².